The molecule has 8 saturated heterocycles. The van der Waals surface area contributed by atoms with Crippen molar-refractivity contribution in [2.24, 2.45) is 75.0 Å². The molecule has 31 unspecified atom stereocenters. The van der Waals surface area contributed by atoms with E-state index in [2.05, 4.69) is 161 Å². The van der Waals surface area contributed by atoms with Crippen molar-refractivity contribution >= 4 is 52.6 Å². The van der Waals surface area contributed by atoms with E-state index in [9.17, 15) is 30.0 Å². The van der Waals surface area contributed by atoms with Gasteiger partial charge in [0.25, 0.3) is 10.3 Å². The number of carbonyl (C=O) groups excluding carboxylic acids is 2. The molecule has 0 aliphatic carbocycles. The topological polar surface area (TPSA) is 339 Å². The quantitative estimate of drug-likeness (QED) is 0.0319. The van der Waals surface area contributed by atoms with Crippen LogP contribution in [-0.4, -0.2) is 322 Å². The fraction of sp³-hybridized carbons (Fsp3) is 0.939. The van der Waals surface area contributed by atoms with Crippen molar-refractivity contribution in [1.82, 2.24) is 31.1 Å². The van der Waals surface area contributed by atoms with E-state index in [1.54, 1.807) is 42.3 Å². The number of aliphatic imine (C=N–C) groups is 1. The monoisotopic (exact) mass is 1990 g/mol. The first-order chi connectivity index (χ1) is 60.6. The van der Waals surface area contributed by atoms with Crippen molar-refractivity contribution in [3.63, 3.8) is 0 Å². The molecule has 1 radical (unpaired) electrons. The number of rotatable bonds is 20. The van der Waals surface area contributed by atoms with E-state index < -0.39 is 161 Å². The van der Waals surface area contributed by atoms with Crippen LogP contribution < -0.4 is 21.3 Å². The molecule has 0 bridgehead atoms. The number of aliphatic hydroxyl groups is 4. The van der Waals surface area contributed by atoms with Crippen LogP contribution in [0, 0.1) is 76.4 Å². The number of carbonyl (C=O) groups is 2. The second kappa shape index (κ2) is 50.4. The zero-order valence-corrected chi connectivity index (χ0v) is 93.0. The molecule has 0 aromatic rings. The molecule has 30 nitrogen and oxygen atoms in total. The number of likely N-dealkylation sites (N-methyl/N-ethyl adjacent to an activating group) is 2. The van der Waals surface area contributed by atoms with Crippen molar-refractivity contribution in [3.05, 3.63) is 6.42 Å². The molecule has 8 fully saturated rings. The Balaban J connectivity index is 0.000000370. The zero-order valence-electron chi connectivity index (χ0n) is 88.5. The number of hydrogen-bond acceptors (Lipinski definition) is 30. The van der Waals surface area contributed by atoms with Gasteiger partial charge < -0.3 is 132 Å². The van der Waals surface area contributed by atoms with Gasteiger partial charge in [0.05, 0.1) is 68.1 Å². The van der Waals surface area contributed by atoms with Gasteiger partial charge in [0, 0.05) is 110 Å². The summed E-state index contributed by atoms with van der Waals surface area (Å²) in [6.07, 6.45) is -5.04. The number of aliphatic hydroxyl groups excluding tert-OH is 2. The van der Waals surface area contributed by atoms with Crippen molar-refractivity contribution in [3.8, 4) is 0 Å². The maximum Gasteiger partial charge on any atom is 0.311 e. The third-order valence-corrected chi connectivity index (χ3v) is 31.2. The fourth-order valence-corrected chi connectivity index (χ4v) is 22.9. The van der Waals surface area contributed by atoms with Crippen molar-refractivity contribution in [2.45, 2.75) is 440 Å². The smallest absolute Gasteiger partial charge is 0.311 e. The van der Waals surface area contributed by atoms with Gasteiger partial charge in [-0.1, -0.05) is 145 Å². The molecule has 9 heterocycles. The summed E-state index contributed by atoms with van der Waals surface area (Å²) in [7, 11) is 14.9. The van der Waals surface area contributed by atoms with E-state index >= 15 is 0 Å². The van der Waals surface area contributed by atoms with Crippen LogP contribution in [0.5, 0.6) is 0 Å². The Morgan fingerprint density at radius 2 is 0.894 bits per heavy atom. The summed E-state index contributed by atoms with van der Waals surface area (Å²) in [5, 5.41) is 60.4. The molecule has 769 valence electrons. The first-order valence-corrected chi connectivity index (χ1v) is 49.8. The second-order valence-corrected chi connectivity index (χ2v) is 44.8. The number of nitrogens with one attached hydrogen (secondary N) is 4. The Labute approximate surface area is 832 Å². The van der Waals surface area contributed by atoms with E-state index in [-0.39, 0.29) is 111 Å². The molecule has 33 heteroatoms. The molecule has 0 aromatic heterocycles. The van der Waals surface area contributed by atoms with Crippen LogP contribution in [0.25, 0.3) is 0 Å². The SMILES string of the molecule is CC(C)C1(C(C)C)CNC(=S)O1.CC(C)C1(C(C)C)CNC(=S)O1.CC[C@H]1OC(=O)C(C)C(OC2CC(C)(OC)C3(CN=C(C)O3)C(C)O2)C(C)C(OC2OC(C)CC(N(C)C)C2OC)C(C)(C)CC(C)CNC(C)C(O)C1(C)O.CC[C@H]1OC(=O)C(C)C(OC2CC(C)(OC)[CH-]C(C)O2)C(C)C(OC2OC(C)CC(N(C)C)C2OC)C(C)(C)CC(C)CNC(C)C(O)C1(C)O.[Y]. The maximum atomic E-state index is 14.4. The van der Waals surface area contributed by atoms with Crippen LogP contribution >= 0.6 is 24.4 Å². The van der Waals surface area contributed by atoms with Crippen LogP contribution in [0.2, 0.25) is 0 Å². The van der Waals surface area contributed by atoms with Gasteiger partial charge in [-0.25, -0.2) is 0 Å². The van der Waals surface area contributed by atoms with Gasteiger partial charge in [0.2, 0.25) is 0 Å². The average Bonchev–Trinajstić information content (AvgIpc) is 1.33. The van der Waals surface area contributed by atoms with E-state index in [0.29, 0.717) is 85.2 Å². The van der Waals surface area contributed by atoms with Gasteiger partial charge >= 0.3 is 11.9 Å². The summed E-state index contributed by atoms with van der Waals surface area (Å²) in [5.74, 6) is -0.766. The molecule has 9 rings (SSSR count). The Morgan fingerprint density at radius 3 is 1.19 bits per heavy atom. The third kappa shape index (κ3) is 29.0. The Morgan fingerprint density at radius 1 is 0.523 bits per heavy atom. The molecular weight excluding hydrogens is 1810 g/mol. The van der Waals surface area contributed by atoms with Crippen LogP contribution in [0.4, 0.5) is 0 Å². The Kier molecular flexibility index (Phi) is 46.0. The summed E-state index contributed by atoms with van der Waals surface area (Å²) in [6.45, 7) is 65.6. The van der Waals surface area contributed by atoms with Gasteiger partial charge in [-0.15, -0.1) is 0 Å². The third-order valence-electron chi connectivity index (χ3n) is 30.8. The minimum Gasteiger partial charge on any atom is -0.467 e. The zero-order chi connectivity index (χ0) is 99.5. The number of ether oxygens (including phenoxy) is 17. The minimum atomic E-state index is -1.74. The second-order valence-electron chi connectivity index (χ2n) is 44.0. The molecule has 9 aliphatic rings. The van der Waals surface area contributed by atoms with Gasteiger partial charge in [-0.2, -0.15) is 0 Å². The predicted octanol–water partition coefficient (Wildman–Crippen LogP) is 12.5. The average molecular weight is 1990 g/mol. The van der Waals surface area contributed by atoms with Crippen molar-refractivity contribution in [2.75, 3.05) is 89.4 Å². The number of esters is 2. The summed E-state index contributed by atoms with van der Waals surface area (Å²) >= 11 is 9.95. The molecule has 9 aliphatic heterocycles. The summed E-state index contributed by atoms with van der Waals surface area (Å²) in [6, 6.07) is -0.841. The summed E-state index contributed by atoms with van der Waals surface area (Å²) < 4.78 is 109. The maximum absolute atomic E-state index is 14.4. The normalized spacial score (nSPS) is 41.9. The Bertz CT molecular complexity index is 3520. The molecule has 8 N–H and O–H groups in total. The van der Waals surface area contributed by atoms with Crippen LogP contribution in [-0.2, 0) is 123 Å². The number of cyclic esters (lactones) is 2. The van der Waals surface area contributed by atoms with Gasteiger partial charge in [-0.3, -0.25) is 21.0 Å². The van der Waals surface area contributed by atoms with E-state index in [1.165, 1.54) is 13.8 Å². The molecule has 132 heavy (non-hydrogen) atoms. The fourth-order valence-electron chi connectivity index (χ4n) is 22.4. The van der Waals surface area contributed by atoms with Crippen molar-refractivity contribution in [1.29, 1.82) is 0 Å². The number of nitrogens with zero attached hydrogens (tertiary/aromatic N) is 3. The first kappa shape index (κ1) is 121. The van der Waals surface area contributed by atoms with E-state index in [1.807, 2.05) is 96.9 Å². The van der Waals surface area contributed by atoms with Gasteiger partial charge in [0.15, 0.2) is 36.7 Å². The molecular formula is C99H184N7O23S2Y-. The Hall–Kier alpha value is -1.91. The molecule has 1 spiro atoms. The largest absolute Gasteiger partial charge is 0.467 e. The standard InChI is InChI=1S/C42H77N3O11.C39H73N2O10.2C9H17NOS.Y/c1-17-31-41(12,48)35(46)27(6)43-21-23(2)19-39(9,10)36(55-38-34(49-15)30(45(13)14)18-24(3)51-38)25(4)33(26(5)37(47)53-31)54-32-20-40(11,50-16)42(28(7)52-32)22-44-29(8)56-42;1-16-29-39(11,44)33(42)27(7)40-21-22(2)18-37(8,9)34(51-36-32(45-14)28(41(12)13)17-23(3)48-36)25(5)31(26(6)35(43)49-29)50-30-20-38(10,46-15)19-24(4)47-30;2*1-6(2)9(7(3)4)5-10-8(12)11-9;/h23-28,30-36,38,43,46,48H,17-22H2,1-16H3;19,22-34,36,40,42,44H,16-18,20-21H2,1-15H3;2*6-7H,5H2,1-4H3,(H,10,12);/q;-1;;;/t23?,24?,25?,26?,27?,28?,30?,31-,32?,33?,34?,35?,36?,38?,40?,41?,42?;22?,23?,24?,25?,26?,27?,28?,29-,30?,31?,32?,33?,34?,36?,38?,39?;;;/m11.../s1. The van der Waals surface area contributed by atoms with E-state index in [0.717, 1.165) is 32.4 Å². The molecule has 0 amide bonds. The number of methoxy groups -OCH3 is 4. The number of hydrogen-bond donors (Lipinski definition) is 8. The predicted molar refractivity (Wildman–Crippen MR) is 517 cm³/mol. The minimum absolute atomic E-state index is 0. The van der Waals surface area contributed by atoms with Crippen LogP contribution in [0.3, 0.4) is 0 Å². The summed E-state index contributed by atoms with van der Waals surface area (Å²) in [5.41, 5.74) is -6.88. The molecule has 0 saturated carbocycles. The molecule has 0 aromatic carbocycles. The van der Waals surface area contributed by atoms with Crippen LogP contribution in [0.1, 0.15) is 266 Å². The number of thiocarbonyl (C=S) groups is 2. The summed E-state index contributed by atoms with van der Waals surface area (Å²) in [4.78, 5) is 37.6. The van der Waals surface area contributed by atoms with Crippen LogP contribution in [0.15, 0.2) is 4.99 Å². The van der Waals surface area contributed by atoms with E-state index in [4.69, 9.17) is 105 Å². The van der Waals surface area contributed by atoms with Crippen molar-refractivity contribution < 1.29 is 143 Å². The first-order valence-electron chi connectivity index (χ1n) is 49.0. The van der Waals surface area contributed by atoms with Gasteiger partial charge in [0.1, 0.15) is 70.7 Å². The molecule has 33 atom stereocenters. The van der Waals surface area contributed by atoms with Gasteiger partial charge in [-0.05, 0) is 232 Å².